The van der Waals surface area contributed by atoms with Gasteiger partial charge in [0.15, 0.2) is 5.82 Å². The van der Waals surface area contributed by atoms with Gasteiger partial charge < -0.3 is 20.7 Å². The number of nitrogens with zero attached hydrogens (tertiary/aromatic N) is 6. The molecule has 4 rings (SSSR count). The Labute approximate surface area is 199 Å². The summed E-state index contributed by atoms with van der Waals surface area (Å²) < 4.78 is 43.9. The second-order valence-corrected chi connectivity index (χ2v) is 8.67. The maximum absolute atomic E-state index is 12.5. The van der Waals surface area contributed by atoms with E-state index in [0.29, 0.717) is 53.8 Å². The summed E-state index contributed by atoms with van der Waals surface area (Å²) in [6, 6.07) is 5.36. The molecule has 0 aromatic carbocycles. The Morgan fingerprint density at radius 2 is 2.11 bits per heavy atom. The molecule has 0 saturated carbocycles. The number of primary amides is 1. The van der Waals surface area contributed by atoms with E-state index in [1.165, 1.54) is 0 Å². The van der Waals surface area contributed by atoms with Crippen LogP contribution in [0.2, 0.25) is 0 Å². The molecule has 1 aliphatic heterocycles. The first-order valence-corrected chi connectivity index (χ1v) is 11.3. The minimum absolute atomic E-state index is 0.0164. The van der Waals surface area contributed by atoms with E-state index in [1.807, 2.05) is 24.8 Å². The second-order valence-electron chi connectivity index (χ2n) is 8.67. The van der Waals surface area contributed by atoms with Gasteiger partial charge in [-0.1, -0.05) is 19.9 Å². The molecule has 0 bridgehead atoms. The van der Waals surface area contributed by atoms with Crippen LogP contribution >= 0.6 is 0 Å². The van der Waals surface area contributed by atoms with Crippen LogP contribution in [0.15, 0.2) is 24.4 Å². The zero-order valence-electron chi connectivity index (χ0n) is 19.4. The summed E-state index contributed by atoms with van der Waals surface area (Å²) in [5.74, 6) is 0.671. The molecule has 3 aromatic heterocycles. The van der Waals surface area contributed by atoms with Crippen molar-refractivity contribution in [3.63, 3.8) is 0 Å². The Kier molecular flexibility index (Phi) is 7.05. The number of halogens is 3. The van der Waals surface area contributed by atoms with E-state index in [0.717, 1.165) is 0 Å². The summed E-state index contributed by atoms with van der Waals surface area (Å²) in [7, 11) is 0. The van der Waals surface area contributed by atoms with E-state index in [1.54, 1.807) is 23.0 Å². The van der Waals surface area contributed by atoms with E-state index in [2.05, 4.69) is 15.4 Å². The van der Waals surface area contributed by atoms with Gasteiger partial charge in [0.2, 0.25) is 11.9 Å². The minimum atomic E-state index is -4.41. The van der Waals surface area contributed by atoms with Gasteiger partial charge in [0, 0.05) is 19.3 Å². The predicted octanol–water partition coefficient (Wildman–Crippen LogP) is 2.98. The third-order valence-corrected chi connectivity index (χ3v) is 5.65. The molecule has 1 aliphatic rings. The zero-order chi connectivity index (χ0) is 25.2. The van der Waals surface area contributed by atoms with E-state index in [9.17, 15) is 18.0 Å². The molecule has 35 heavy (non-hydrogen) atoms. The molecular weight excluding hydrogens is 465 g/mol. The monoisotopic (exact) mass is 492 g/mol. The molecule has 188 valence electrons. The fourth-order valence-corrected chi connectivity index (χ4v) is 3.94. The molecule has 10 nitrogen and oxygen atoms in total. The molecule has 3 aromatic rings. The highest BCUT2D eigenvalue weighted by atomic mass is 19.4. The maximum atomic E-state index is 12.5. The molecule has 0 spiro atoms. The van der Waals surface area contributed by atoms with Gasteiger partial charge in [-0.2, -0.15) is 23.3 Å². The Morgan fingerprint density at radius 3 is 2.74 bits per heavy atom. The number of fused-ring (bicyclic) bond motifs is 1. The van der Waals surface area contributed by atoms with E-state index in [-0.39, 0.29) is 30.9 Å². The molecule has 1 saturated heterocycles. The van der Waals surface area contributed by atoms with Crippen molar-refractivity contribution in [2.75, 3.05) is 36.5 Å². The zero-order valence-corrected chi connectivity index (χ0v) is 19.4. The van der Waals surface area contributed by atoms with Gasteiger partial charge in [-0.15, -0.1) is 0 Å². The predicted molar refractivity (Wildman–Crippen MR) is 123 cm³/mol. The highest BCUT2D eigenvalue weighted by molar-refractivity contribution is 5.90. The Morgan fingerprint density at radius 1 is 1.31 bits per heavy atom. The fourth-order valence-electron chi connectivity index (χ4n) is 3.94. The van der Waals surface area contributed by atoms with Gasteiger partial charge >= 0.3 is 6.18 Å². The molecule has 1 atom stereocenters. The number of amides is 1. The van der Waals surface area contributed by atoms with Crippen LogP contribution in [-0.4, -0.2) is 63.1 Å². The van der Waals surface area contributed by atoms with Crippen LogP contribution in [-0.2, 0) is 16.1 Å². The molecular formula is C22H27F3N8O2. The number of carbonyl (C=O) groups excluding carboxylic acids is 1. The van der Waals surface area contributed by atoms with Gasteiger partial charge in [0.1, 0.15) is 23.5 Å². The summed E-state index contributed by atoms with van der Waals surface area (Å²) in [6.45, 7) is 3.44. The summed E-state index contributed by atoms with van der Waals surface area (Å²) in [5.41, 5.74) is 7.27. The molecule has 3 N–H and O–H groups in total. The third-order valence-electron chi connectivity index (χ3n) is 5.65. The molecule has 4 heterocycles. The number of carbonyl (C=O) groups is 1. The fraction of sp³-hybridized carbons (Fsp3) is 0.500. The number of rotatable bonds is 9. The molecule has 13 heteroatoms. The van der Waals surface area contributed by atoms with Crippen LogP contribution < -0.4 is 16.0 Å². The quantitative estimate of drug-likeness (QED) is 0.437. The average molecular weight is 493 g/mol. The lowest BCUT2D eigenvalue weighted by atomic mass is 10.1. The molecule has 1 amide bonds. The Hall–Kier alpha value is -3.48. The van der Waals surface area contributed by atoms with Crippen LogP contribution in [0.1, 0.15) is 31.9 Å². The number of hydrogen-bond acceptors (Lipinski definition) is 8. The first-order valence-electron chi connectivity index (χ1n) is 11.3. The van der Waals surface area contributed by atoms with Gasteiger partial charge in [0.25, 0.3) is 0 Å². The van der Waals surface area contributed by atoms with E-state index < -0.39 is 12.8 Å². The summed E-state index contributed by atoms with van der Waals surface area (Å²) in [5, 5.41) is 7.83. The number of pyridine rings is 1. The summed E-state index contributed by atoms with van der Waals surface area (Å²) >= 11 is 0. The number of nitrogens with one attached hydrogen (secondary N) is 1. The number of nitrogens with two attached hydrogens (primary N) is 1. The SMILES string of the molecule is CC(C)c1nn(CCOCC(F)(F)F)c2c(Nc3ccccn3)nc(N3CC[C@@H](C(N)=O)C3)nc12. The number of hydrogen-bond donors (Lipinski definition) is 2. The van der Waals surface area contributed by atoms with Crippen molar-refractivity contribution in [1.29, 1.82) is 0 Å². The highest BCUT2D eigenvalue weighted by Crippen LogP contribution is 2.32. The van der Waals surface area contributed by atoms with Crippen molar-refractivity contribution in [3.8, 4) is 0 Å². The molecule has 1 fully saturated rings. The lowest BCUT2D eigenvalue weighted by Crippen LogP contribution is -2.28. The molecule has 0 radical (unpaired) electrons. The second kappa shape index (κ2) is 10.0. The van der Waals surface area contributed by atoms with Crippen molar-refractivity contribution in [2.45, 2.75) is 38.9 Å². The van der Waals surface area contributed by atoms with E-state index in [4.69, 9.17) is 20.4 Å². The van der Waals surface area contributed by atoms with Crippen molar-refractivity contribution in [1.82, 2.24) is 24.7 Å². The van der Waals surface area contributed by atoms with Crippen molar-refractivity contribution in [2.24, 2.45) is 11.7 Å². The van der Waals surface area contributed by atoms with Crippen molar-refractivity contribution >= 4 is 34.5 Å². The summed E-state index contributed by atoms with van der Waals surface area (Å²) in [6.07, 6.45) is -2.18. The van der Waals surface area contributed by atoms with Crippen LogP contribution in [0.25, 0.3) is 11.0 Å². The molecule has 0 unspecified atom stereocenters. The van der Waals surface area contributed by atoms with E-state index >= 15 is 0 Å². The lowest BCUT2D eigenvalue weighted by molar-refractivity contribution is -0.174. The standard InChI is InChI=1S/C22H27F3N8O2/c1-13(2)16-17-18(33(31-16)9-10-35-12-22(23,24)25)20(28-15-5-3-4-7-27-15)30-21(29-17)32-8-6-14(11-32)19(26)34/h3-5,7,13-14H,6,8-12H2,1-2H3,(H2,26,34)(H,27,28,29,30)/t14-/m1/s1. The first-order chi connectivity index (χ1) is 16.6. The van der Waals surface area contributed by atoms with Crippen LogP contribution in [0.3, 0.4) is 0 Å². The van der Waals surface area contributed by atoms with Crippen molar-refractivity contribution < 1.29 is 22.7 Å². The number of aromatic nitrogens is 5. The van der Waals surface area contributed by atoms with Gasteiger partial charge in [0.05, 0.1) is 24.8 Å². The Balaban J connectivity index is 1.75. The Bertz CT molecular complexity index is 1180. The van der Waals surface area contributed by atoms with Crippen LogP contribution in [0, 0.1) is 5.92 Å². The minimum Gasteiger partial charge on any atom is -0.370 e. The molecule has 0 aliphatic carbocycles. The summed E-state index contributed by atoms with van der Waals surface area (Å²) in [4.78, 5) is 27.3. The number of ether oxygens (including phenoxy) is 1. The average Bonchev–Trinajstić information content (AvgIpc) is 3.43. The maximum Gasteiger partial charge on any atom is 0.411 e. The number of anilines is 3. The largest absolute Gasteiger partial charge is 0.411 e. The highest BCUT2D eigenvalue weighted by Gasteiger charge is 2.30. The van der Waals surface area contributed by atoms with Crippen LogP contribution in [0.5, 0.6) is 0 Å². The first kappa shape index (κ1) is 24.6. The van der Waals surface area contributed by atoms with Crippen molar-refractivity contribution in [3.05, 3.63) is 30.1 Å². The van der Waals surface area contributed by atoms with Crippen LogP contribution in [0.4, 0.5) is 30.8 Å². The van der Waals surface area contributed by atoms with Gasteiger partial charge in [-0.25, -0.2) is 9.97 Å². The third kappa shape index (κ3) is 5.78. The smallest absolute Gasteiger partial charge is 0.370 e. The number of alkyl halides is 3. The van der Waals surface area contributed by atoms with Gasteiger partial charge in [-0.3, -0.25) is 9.48 Å². The lowest BCUT2D eigenvalue weighted by Gasteiger charge is -2.18. The van der Waals surface area contributed by atoms with Gasteiger partial charge in [-0.05, 0) is 24.5 Å². The normalized spacial score (nSPS) is 16.4. The topological polar surface area (TPSA) is 124 Å².